The van der Waals surface area contributed by atoms with Crippen molar-refractivity contribution < 1.29 is 19.1 Å². The average Bonchev–Trinajstić information content (AvgIpc) is 3.12. The van der Waals surface area contributed by atoms with Crippen molar-refractivity contribution in [2.24, 2.45) is 0 Å². The maximum absolute atomic E-state index is 12.9. The molecule has 1 unspecified atom stereocenters. The summed E-state index contributed by atoms with van der Waals surface area (Å²) in [6.45, 7) is 0. The van der Waals surface area contributed by atoms with E-state index in [-0.39, 0.29) is 24.3 Å². The van der Waals surface area contributed by atoms with Crippen molar-refractivity contribution in [3.8, 4) is 5.75 Å². The Hall–Kier alpha value is -3.81. The molecule has 2 atom stereocenters. The fourth-order valence-electron chi connectivity index (χ4n) is 4.61. The number of para-hydroxylation sites is 1. The molecule has 8 nitrogen and oxygen atoms in total. The summed E-state index contributed by atoms with van der Waals surface area (Å²) in [6.07, 6.45) is 2.54. The number of benzene rings is 2. The highest BCUT2D eigenvalue weighted by Gasteiger charge is 2.31. The molecule has 2 aliphatic rings. The number of fused-ring (bicyclic) bond motifs is 4. The van der Waals surface area contributed by atoms with Gasteiger partial charge >= 0.3 is 0 Å². The minimum Gasteiger partial charge on any atom is -0.497 e. The van der Waals surface area contributed by atoms with E-state index in [0.717, 1.165) is 41.6 Å². The Morgan fingerprint density at radius 2 is 2.03 bits per heavy atom. The van der Waals surface area contributed by atoms with Crippen LogP contribution in [0.3, 0.4) is 0 Å². The van der Waals surface area contributed by atoms with Crippen LogP contribution in [0.4, 0.5) is 5.69 Å². The van der Waals surface area contributed by atoms with Crippen LogP contribution in [0.15, 0.2) is 42.5 Å². The summed E-state index contributed by atoms with van der Waals surface area (Å²) in [4.78, 5) is 41.4. The van der Waals surface area contributed by atoms with Crippen LogP contribution < -0.4 is 20.7 Å². The number of hydrogen-bond donors (Lipinski definition) is 4. The molecule has 0 bridgehead atoms. The van der Waals surface area contributed by atoms with Crippen LogP contribution in [-0.2, 0) is 16.0 Å². The van der Waals surface area contributed by atoms with Crippen molar-refractivity contribution in [3.05, 3.63) is 59.3 Å². The Morgan fingerprint density at radius 1 is 1.19 bits per heavy atom. The minimum absolute atomic E-state index is 0.133. The molecular weight excluding hydrogens is 408 g/mol. The van der Waals surface area contributed by atoms with Gasteiger partial charge in [0.1, 0.15) is 11.8 Å². The van der Waals surface area contributed by atoms with Crippen LogP contribution in [0.5, 0.6) is 5.75 Å². The number of ether oxygens (including phenoxy) is 1. The van der Waals surface area contributed by atoms with E-state index in [1.807, 2.05) is 18.2 Å². The predicted molar refractivity (Wildman–Crippen MR) is 120 cm³/mol. The summed E-state index contributed by atoms with van der Waals surface area (Å²) < 4.78 is 5.36. The van der Waals surface area contributed by atoms with E-state index >= 15 is 0 Å². The molecule has 3 amide bonds. The Bertz CT molecular complexity index is 1230. The fraction of sp³-hybridized carbons (Fsp3) is 0.292. The van der Waals surface area contributed by atoms with Crippen LogP contribution in [-0.4, -0.2) is 35.9 Å². The molecule has 4 N–H and O–H groups in total. The molecule has 1 aromatic heterocycles. The molecule has 8 heteroatoms. The summed E-state index contributed by atoms with van der Waals surface area (Å²) in [7, 11) is 1.64. The van der Waals surface area contributed by atoms with Crippen molar-refractivity contribution in [2.75, 3.05) is 12.4 Å². The van der Waals surface area contributed by atoms with Crippen LogP contribution in [0.2, 0.25) is 0 Å². The Labute approximate surface area is 184 Å². The summed E-state index contributed by atoms with van der Waals surface area (Å²) in [6, 6.07) is 11.6. The van der Waals surface area contributed by atoms with Crippen molar-refractivity contribution in [1.29, 1.82) is 0 Å². The summed E-state index contributed by atoms with van der Waals surface area (Å²) in [5.41, 5.74) is 4.02. The monoisotopic (exact) mass is 432 g/mol. The Balaban J connectivity index is 1.32. The Morgan fingerprint density at radius 3 is 2.88 bits per heavy atom. The Kier molecular flexibility index (Phi) is 5.05. The van der Waals surface area contributed by atoms with E-state index in [1.54, 1.807) is 31.4 Å². The van der Waals surface area contributed by atoms with E-state index in [9.17, 15) is 14.4 Å². The lowest BCUT2D eigenvalue weighted by molar-refractivity contribution is -0.126. The summed E-state index contributed by atoms with van der Waals surface area (Å²) in [5.74, 6) is -0.270. The van der Waals surface area contributed by atoms with Gasteiger partial charge in [-0.05, 0) is 55.2 Å². The van der Waals surface area contributed by atoms with Crippen molar-refractivity contribution in [3.63, 3.8) is 0 Å². The third-order valence-corrected chi connectivity index (χ3v) is 6.19. The molecule has 0 spiro atoms. The molecule has 32 heavy (non-hydrogen) atoms. The van der Waals surface area contributed by atoms with Crippen LogP contribution in [0.25, 0.3) is 10.9 Å². The van der Waals surface area contributed by atoms with Crippen LogP contribution in [0, 0.1) is 0 Å². The number of carbonyl (C=O) groups excluding carboxylic acids is 3. The number of methoxy groups -OCH3 is 1. The fourth-order valence-corrected chi connectivity index (χ4v) is 4.61. The number of amides is 3. The highest BCUT2D eigenvalue weighted by Crippen LogP contribution is 2.36. The second-order valence-electron chi connectivity index (χ2n) is 8.21. The maximum atomic E-state index is 12.9. The second kappa shape index (κ2) is 8.03. The molecule has 0 fully saturated rings. The first kappa shape index (κ1) is 20.1. The maximum Gasteiger partial charge on any atom is 0.254 e. The van der Waals surface area contributed by atoms with Gasteiger partial charge in [0.05, 0.1) is 30.8 Å². The number of carbonyl (C=O) groups is 3. The van der Waals surface area contributed by atoms with E-state index in [2.05, 4.69) is 20.9 Å². The number of aromatic amines is 1. The van der Waals surface area contributed by atoms with Crippen molar-refractivity contribution in [1.82, 2.24) is 15.6 Å². The molecule has 1 aliphatic heterocycles. The third kappa shape index (κ3) is 3.57. The van der Waals surface area contributed by atoms with Gasteiger partial charge in [0.25, 0.3) is 5.91 Å². The van der Waals surface area contributed by atoms with E-state index < -0.39 is 11.9 Å². The summed E-state index contributed by atoms with van der Waals surface area (Å²) >= 11 is 0. The predicted octanol–water partition coefficient (Wildman–Crippen LogP) is 2.81. The SMILES string of the molecule is COc1ccc2[nH]c3c(c2c1)CCCC3NC(=O)C[C@@H]1NC(=O)c2ccccc2NC1=O. The van der Waals surface area contributed by atoms with Crippen LogP contribution in [0.1, 0.15) is 46.9 Å². The molecule has 1 aliphatic carbocycles. The number of aromatic nitrogens is 1. The molecule has 5 rings (SSSR count). The van der Waals surface area contributed by atoms with Crippen molar-refractivity contribution >= 4 is 34.3 Å². The molecule has 0 radical (unpaired) electrons. The third-order valence-electron chi connectivity index (χ3n) is 6.19. The highest BCUT2D eigenvalue weighted by molar-refractivity contribution is 6.10. The van der Waals surface area contributed by atoms with Gasteiger partial charge in [-0.15, -0.1) is 0 Å². The molecule has 2 aromatic carbocycles. The molecule has 3 aromatic rings. The lowest BCUT2D eigenvalue weighted by Crippen LogP contribution is -2.45. The van der Waals surface area contributed by atoms with Crippen molar-refractivity contribution in [2.45, 2.75) is 37.8 Å². The largest absolute Gasteiger partial charge is 0.497 e. The normalized spacial score (nSPS) is 19.9. The van der Waals surface area contributed by atoms with Gasteiger partial charge in [-0.1, -0.05) is 12.1 Å². The first-order valence-corrected chi connectivity index (χ1v) is 10.7. The molecule has 0 saturated heterocycles. The standard InChI is InChI=1S/C24H24N4O4/c1-32-13-9-10-18-16(11-13)14-6-4-8-19(22(14)26-18)25-21(29)12-20-24(31)27-17-7-3-2-5-15(17)23(30)28-20/h2-3,5,7,9-11,19-20,26H,4,6,8,12H2,1H3,(H,25,29)(H,27,31)(H,28,30)/t19?,20-/m0/s1. The van der Waals surface area contributed by atoms with Gasteiger partial charge in [-0.2, -0.15) is 0 Å². The first-order valence-electron chi connectivity index (χ1n) is 10.7. The molecule has 164 valence electrons. The zero-order valence-electron chi connectivity index (χ0n) is 17.7. The van der Waals surface area contributed by atoms with Gasteiger partial charge in [-0.3, -0.25) is 14.4 Å². The van der Waals surface area contributed by atoms with E-state index in [0.29, 0.717) is 11.3 Å². The molecule has 2 heterocycles. The van der Waals surface area contributed by atoms with Gasteiger partial charge < -0.3 is 25.7 Å². The second-order valence-corrected chi connectivity index (χ2v) is 8.21. The number of hydrogen-bond acceptors (Lipinski definition) is 4. The highest BCUT2D eigenvalue weighted by atomic mass is 16.5. The zero-order chi connectivity index (χ0) is 22.2. The number of rotatable bonds is 4. The number of nitrogens with one attached hydrogen (secondary N) is 4. The quantitative estimate of drug-likeness (QED) is 0.508. The average molecular weight is 432 g/mol. The molecular formula is C24H24N4O4. The topological polar surface area (TPSA) is 112 Å². The lowest BCUT2D eigenvalue weighted by atomic mass is 9.91. The van der Waals surface area contributed by atoms with E-state index in [4.69, 9.17) is 4.74 Å². The van der Waals surface area contributed by atoms with Gasteiger partial charge in [-0.25, -0.2) is 0 Å². The smallest absolute Gasteiger partial charge is 0.254 e. The van der Waals surface area contributed by atoms with Crippen LogP contribution >= 0.6 is 0 Å². The first-order chi connectivity index (χ1) is 15.5. The van der Waals surface area contributed by atoms with Gasteiger partial charge in [0.2, 0.25) is 11.8 Å². The van der Waals surface area contributed by atoms with E-state index in [1.165, 1.54) is 5.56 Å². The number of aryl methyl sites for hydroxylation is 1. The summed E-state index contributed by atoms with van der Waals surface area (Å²) in [5, 5.41) is 9.57. The lowest BCUT2D eigenvalue weighted by Gasteiger charge is -2.24. The molecule has 0 saturated carbocycles. The zero-order valence-corrected chi connectivity index (χ0v) is 17.7. The number of anilines is 1. The minimum atomic E-state index is -0.940. The van der Waals surface area contributed by atoms with Gasteiger partial charge in [0.15, 0.2) is 0 Å². The van der Waals surface area contributed by atoms with Gasteiger partial charge in [0, 0.05) is 16.6 Å². The number of H-pyrrole nitrogens is 1.